The zero-order valence-electron chi connectivity index (χ0n) is 14.3. The van der Waals surface area contributed by atoms with E-state index in [-0.39, 0.29) is 5.91 Å². The lowest BCUT2D eigenvalue weighted by Gasteiger charge is -2.31. The van der Waals surface area contributed by atoms with E-state index in [9.17, 15) is 4.79 Å². The number of nitrogens with one attached hydrogen (secondary N) is 2. The van der Waals surface area contributed by atoms with Crippen molar-refractivity contribution < 1.29 is 4.79 Å². The molecule has 0 radical (unpaired) electrons. The average molecular weight is 338 g/mol. The van der Waals surface area contributed by atoms with Crippen molar-refractivity contribution in [3.8, 4) is 0 Å². The number of hydrogen-bond donors (Lipinski definition) is 2. The van der Waals surface area contributed by atoms with Crippen LogP contribution in [0.2, 0.25) is 0 Å². The SMILES string of the molecule is Cc1cccc2c(CC(=O)N3CCC(Cc4nn[nH]n4)CC3)c[nH]c12. The van der Waals surface area contributed by atoms with E-state index in [0.29, 0.717) is 12.3 Å². The van der Waals surface area contributed by atoms with E-state index in [0.717, 1.165) is 54.6 Å². The van der Waals surface area contributed by atoms with Crippen LogP contribution in [0.15, 0.2) is 24.4 Å². The third-order valence-electron chi connectivity index (χ3n) is 5.18. The highest BCUT2D eigenvalue weighted by molar-refractivity contribution is 5.90. The number of amides is 1. The molecule has 3 heterocycles. The van der Waals surface area contributed by atoms with Crippen LogP contribution in [0.1, 0.15) is 29.8 Å². The van der Waals surface area contributed by atoms with Crippen molar-refractivity contribution in [2.75, 3.05) is 13.1 Å². The molecule has 2 N–H and O–H groups in total. The minimum Gasteiger partial charge on any atom is -0.361 e. The molecule has 25 heavy (non-hydrogen) atoms. The van der Waals surface area contributed by atoms with Gasteiger partial charge in [-0.2, -0.15) is 5.21 Å². The molecule has 0 saturated carbocycles. The number of aromatic nitrogens is 5. The van der Waals surface area contributed by atoms with Crippen molar-refractivity contribution in [1.29, 1.82) is 0 Å². The van der Waals surface area contributed by atoms with Crippen LogP contribution in [0.3, 0.4) is 0 Å². The molecule has 1 aliphatic rings. The van der Waals surface area contributed by atoms with E-state index in [1.54, 1.807) is 0 Å². The van der Waals surface area contributed by atoms with Gasteiger partial charge in [-0.25, -0.2) is 0 Å². The maximum atomic E-state index is 12.7. The van der Waals surface area contributed by atoms with Gasteiger partial charge >= 0.3 is 0 Å². The highest BCUT2D eigenvalue weighted by atomic mass is 16.2. The summed E-state index contributed by atoms with van der Waals surface area (Å²) in [5, 5.41) is 15.3. The fourth-order valence-corrected chi connectivity index (χ4v) is 3.70. The first-order valence-corrected chi connectivity index (χ1v) is 8.76. The van der Waals surface area contributed by atoms with Crippen molar-refractivity contribution in [2.24, 2.45) is 5.92 Å². The van der Waals surface area contributed by atoms with Crippen LogP contribution in [0.25, 0.3) is 10.9 Å². The van der Waals surface area contributed by atoms with E-state index in [2.05, 4.69) is 44.7 Å². The van der Waals surface area contributed by atoms with Crippen LogP contribution in [0, 0.1) is 12.8 Å². The van der Waals surface area contributed by atoms with Crippen molar-refractivity contribution in [2.45, 2.75) is 32.6 Å². The monoisotopic (exact) mass is 338 g/mol. The predicted molar refractivity (Wildman–Crippen MR) is 93.9 cm³/mol. The van der Waals surface area contributed by atoms with Gasteiger partial charge in [0.25, 0.3) is 0 Å². The van der Waals surface area contributed by atoms with Crippen LogP contribution < -0.4 is 0 Å². The molecule has 0 atom stereocenters. The Morgan fingerprint density at radius 2 is 2.16 bits per heavy atom. The Kier molecular flexibility index (Phi) is 4.21. The lowest BCUT2D eigenvalue weighted by molar-refractivity contribution is -0.131. The number of tetrazole rings is 1. The molecule has 0 aliphatic carbocycles. The van der Waals surface area contributed by atoms with Crippen LogP contribution >= 0.6 is 0 Å². The standard InChI is InChI=1S/C18H22N6O/c1-12-3-2-4-15-14(11-19-18(12)15)10-17(25)24-7-5-13(6-8-24)9-16-20-22-23-21-16/h2-4,11,13,19H,5-10H2,1H3,(H,20,21,22,23). The molecular weight excluding hydrogens is 316 g/mol. The third-order valence-corrected chi connectivity index (χ3v) is 5.18. The number of piperidine rings is 1. The number of fused-ring (bicyclic) bond motifs is 1. The molecule has 0 unspecified atom stereocenters. The Bertz CT molecular complexity index is 861. The fraction of sp³-hybridized carbons (Fsp3) is 0.444. The van der Waals surface area contributed by atoms with Crippen LogP contribution in [0.5, 0.6) is 0 Å². The number of aromatic amines is 2. The number of benzene rings is 1. The van der Waals surface area contributed by atoms with E-state index in [4.69, 9.17) is 0 Å². The first-order valence-electron chi connectivity index (χ1n) is 8.76. The zero-order valence-corrected chi connectivity index (χ0v) is 14.3. The molecule has 2 aromatic heterocycles. The van der Waals surface area contributed by atoms with Crippen molar-refractivity contribution in [3.63, 3.8) is 0 Å². The van der Waals surface area contributed by atoms with E-state index in [1.165, 1.54) is 5.56 Å². The molecule has 1 fully saturated rings. The van der Waals surface area contributed by atoms with Crippen LogP contribution in [-0.2, 0) is 17.6 Å². The zero-order chi connectivity index (χ0) is 17.2. The highest BCUT2D eigenvalue weighted by Gasteiger charge is 2.24. The molecule has 3 aromatic rings. The van der Waals surface area contributed by atoms with Crippen LogP contribution in [-0.4, -0.2) is 49.5 Å². The molecule has 7 heteroatoms. The van der Waals surface area contributed by atoms with Gasteiger partial charge < -0.3 is 9.88 Å². The third kappa shape index (κ3) is 3.26. The normalized spacial score (nSPS) is 15.8. The van der Waals surface area contributed by atoms with E-state index in [1.807, 2.05) is 17.2 Å². The van der Waals surface area contributed by atoms with Gasteiger partial charge in [-0.15, -0.1) is 10.2 Å². The van der Waals surface area contributed by atoms with E-state index >= 15 is 0 Å². The van der Waals surface area contributed by atoms with Gasteiger partial charge in [-0.05, 0) is 36.8 Å². The molecule has 4 rings (SSSR count). The second kappa shape index (κ2) is 6.66. The summed E-state index contributed by atoms with van der Waals surface area (Å²) < 4.78 is 0. The van der Waals surface area contributed by atoms with Gasteiger partial charge in [0.05, 0.1) is 6.42 Å². The number of aryl methyl sites for hydroxylation is 1. The number of para-hydroxylation sites is 1. The largest absolute Gasteiger partial charge is 0.361 e. The number of nitrogens with zero attached hydrogens (tertiary/aromatic N) is 4. The van der Waals surface area contributed by atoms with Gasteiger partial charge in [-0.3, -0.25) is 4.79 Å². The lowest BCUT2D eigenvalue weighted by Crippen LogP contribution is -2.39. The summed E-state index contributed by atoms with van der Waals surface area (Å²) in [6.07, 6.45) is 5.25. The Morgan fingerprint density at radius 1 is 1.32 bits per heavy atom. The van der Waals surface area contributed by atoms with Gasteiger partial charge in [0, 0.05) is 36.6 Å². The number of H-pyrrole nitrogens is 2. The summed E-state index contributed by atoms with van der Waals surface area (Å²) in [6.45, 7) is 3.70. The number of carbonyl (C=O) groups excluding carboxylic acids is 1. The summed E-state index contributed by atoms with van der Waals surface area (Å²) in [6, 6.07) is 6.21. The minimum atomic E-state index is 0.209. The summed E-state index contributed by atoms with van der Waals surface area (Å²) in [5.74, 6) is 1.50. The number of hydrogen-bond acceptors (Lipinski definition) is 4. The van der Waals surface area contributed by atoms with Gasteiger partial charge in [0.1, 0.15) is 0 Å². The summed E-state index contributed by atoms with van der Waals surface area (Å²) in [7, 11) is 0. The average Bonchev–Trinajstić information content (AvgIpc) is 3.27. The van der Waals surface area contributed by atoms with Crippen molar-refractivity contribution >= 4 is 16.8 Å². The molecule has 7 nitrogen and oxygen atoms in total. The van der Waals surface area contributed by atoms with Crippen molar-refractivity contribution in [3.05, 3.63) is 41.3 Å². The topological polar surface area (TPSA) is 90.6 Å². The van der Waals surface area contributed by atoms with Gasteiger partial charge in [0.2, 0.25) is 5.91 Å². The molecular formula is C18H22N6O. The first kappa shape index (κ1) is 15.8. The summed E-state index contributed by atoms with van der Waals surface area (Å²) in [5.41, 5.74) is 3.42. The Hall–Kier alpha value is -2.70. The Balaban J connectivity index is 1.36. The lowest BCUT2D eigenvalue weighted by atomic mass is 9.93. The highest BCUT2D eigenvalue weighted by Crippen LogP contribution is 2.24. The quantitative estimate of drug-likeness (QED) is 0.761. The molecule has 0 bridgehead atoms. The van der Waals surface area contributed by atoms with Crippen molar-refractivity contribution in [1.82, 2.24) is 30.5 Å². The van der Waals surface area contributed by atoms with Gasteiger partial charge in [0.15, 0.2) is 5.82 Å². The molecule has 1 saturated heterocycles. The number of likely N-dealkylation sites (tertiary alicyclic amines) is 1. The molecule has 130 valence electrons. The number of rotatable bonds is 4. The second-order valence-corrected chi connectivity index (χ2v) is 6.84. The smallest absolute Gasteiger partial charge is 0.227 e. The molecule has 1 aromatic carbocycles. The molecule has 1 aliphatic heterocycles. The van der Waals surface area contributed by atoms with Gasteiger partial charge in [-0.1, -0.05) is 23.4 Å². The van der Waals surface area contributed by atoms with E-state index < -0.39 is 0 Å². The summed E-state index contributed by atoms with van der Waals surface area (Å²) in [4.78, 5) is 18.0. The minimum absolute atomic E-state index is 0.209. The predicted octanol–water partition coefficient (Wildman–Crippen LogP) is 2.01. The maximum Gasteiger partial charge on any atom is 0.227 e. The number of carbonyl (C=O) groups is 1. The Labute approximate surface area is 145 Å². The van der Waals surface area contributed by atoms with Crippen LogP contribution in [0.4, 0.5) is 0 Å². The summed E-state index contributed by atoms with van der Waals surface area (Å²) >= 11 is 0. The molecule has 0 spiro atoms. The molecule has 1 amide bonds. The maximum absolute atomic E-state index is 12.7. The fourth-order valence-electron chi connectivity index (χ4n) is 3.70. The second-order valence-electron chi connectivity index (χ2n) is 6.84. The Morgan fingerprint density at radius 3 is 2.92 bits per heavy atom. The first-order chi connectivity index (χ1) is 12.2.